The van der Waals surface area contributed by atoms with Crippen molar-refractivity contribution in [2.75, 3.05) is 33.3 Å². The van der Waals surface area contributed by atoms with E-state index in [2.05, 4.69) is 42.3 Å². The molecule has 0 unspecified atom stereocenters. The van der Waals surface area contributed by atoms with Gasteiger partial charge in [-0.2, -0.15) is 0 Å². The Morgan fingerprint density at radius 3 is 2.62 bits per heavy atom. The summed E-state index contributed by atoms with van der Waals surface area (Å²) in [7, 11) is 1.76. The van der Waals surface area contributed by atoms with Gasteiger partial charge in [0.2, 0.25) is 0 Å². The Morgan fingerprint density at radius 2 is 1.95 bits per heavy atom. The number of ether oxygens (including phenoxy) is 1. The highest BCUT2D eigenvalue weighted by atomic mass is 16.5. The van der Waals surface area contributed by atoms with Crippen LogP contribution >= 0.6 is 0 Å². The van der Waals surface area contributed by atoms with Crippen LogP contribution in [0, 0.1) is 0 Å². The molecule has 0 saturated heterocycles. The van der Waals surface area contributed by atoms with E-state index in [4.69, 9.17) is 4.74 Å². The third-order valence-electron chi connectivity index (χ3n) is 4.56. The molecule has 0 bridgehead atoms. The molecule has 0 aromatic heterocycles. The molecule has 0 heterocycles. The van der Waals surface area contributed by atoms with E-state index in [9.17, 15) is 0 Å². The smallest absolute Gasteiger partial charge is 0.122 e. The second-order valence-electron chi connectivity index (χ2n) is 6.00. The molecule has 1 aromatic carbocycles. The normalized spacial score (nSPS) is 21.3. The lowest BCUT2D eigenvalue weighted by atomic mass is 9.75. The molecular formula is C18H30N2O. The van der Waals surface area contributed by atoms with Crippen LogP contribution in [0.5, 0.6) is 5.75 Å². The number of benzene rings is 1. The molecule has 1 fully saturated rings. The summed E-state index contributed by atoms with van der Waals surface area (Å²) in [5.74, 6) is 1.71. The van der Waals surface area contributed by atoms with Gasteiger partial charge in [-0.3, -0.25) is 0 Å². The number of hydrogen-bond donors (Lipinski definition) is 1. The van der Waals surface area contributed by atoms with Crippen LogP contribution in [0.4, 0.5) is 0 Å². The van der Waals surface area contributed by atoms with E-state index in [0.29, 0.717) is 12.0 Å². The monoisotopic (exact) mass is 290 g/mol. The molecule has 21 heavy (non-hydrogen) atoms. The number of methoxy groups -OCH3 is 1. The molecular weight excluding hydrogens is 260 g/mol. The lowest BCUT2D eigenvalue weighted by Gasteiger charge is -2.37. The summed E-state index contributed by atoms with van der Waals surface area (Å²) in [6.07, 6.45) is 3.72. The van der Waals surface area contributed by atoms with Crippen LogP contribution in [0.1, 0.15) is 44.6 Å². The predicted octanol–water partition coefficient (Wildman–Crippen LogP) is 3.26. The first-order valence-electron chi connectivity index (χ1n) is 8.37. The predicted molar refractivity (Wildman–Crippen MR) is 89.2 cm³/mol. The fourth-order valence-corrected chi connectivity index (χ4v) is 3.21. The Bertz CT molecular complexity index is 415. The van der Waals surface area contributed by atoms with Gasteiger partial charge in [0.05, 0.1) is 7.11 Å². The molecule has 0 atom stereocenters. The van der Waals surface area contributed by atoms with Gasteiger partial charge in [0.25, 0.3) is 0 Å². The summed E-state index contributed by atoms with van der Waals surface area (Å²) in [4.78, 5) is 2.52. The maximum atomic E-state index is 5.46. The van der Waals surface area contributed by atoms with Gasteiger partial charge in [0, 0.05) is 19.1 Å². The highest BCUT2D eigenvalue weighted by Crippen LogP contribution is 2.40. The summed E-state index contributed by atoms with van der Waals surface area (Å²) < 4.78 is 5.46. The van der Waals surface area contributed by atoms with Gasteiger partial charge in [-0.1, -0.05) is 32.0 Å². The van der Waals surface area contributed by atoms with Gasteiger partial charge in [-0.05, 0) is 49.9 Å². The maximum Gasteiger partial charge on any atom is 0.122 e. The van der Waals surface area contributed by atoms with Crippen LogP contribution in [-0.2, 0) is 0 Å². The molecule has 1 aliphatic carbocycles. The minimum atomic E-state index is 0.663. The minimum absolute atomic E-state index is 0.663. The number of likely N-dealkylation sites (N-methyl/N-ethyl adjacent to an activating group) is 1. The molecule has 3 heteroatoms. The number of rotatable bonds is 9. The quantitative estimate of drug-likeness (QED) is 0.755. The van der Waals surface area contributed by atoms with Crippen molar-refractivity contribution in [3.05, 3.63) is 29.8 Å². The highest BCUT2D eigenvalue weighted by Gasteiger charge is 2.31. The average Bonchev–Trinajstić information content (AvgIpc) is 2.48. The molecule has 2 rings (SSSR count). The van der Waals surface area contributed by atoms with Crippen molar-refractivity contribution in [1.82, 2.24) is 10.2 Å². The molecule has 1 N–H and O–H groups in total. The third-order valence-corrected chi connectivity index (χ3v) is 4.56. The van der Waals surface area contributed by atoms with Crippen LogP contribution in [0.25, 0.3) is 0 Å². The van der Waals surface area contributed by atoms with Gasteiger partial charge < -0.3 is 15.0 Å². The molecule has 1 aromatic rings. The first-order chi connectivity index (χ1) is 10.3. The van der Waals surface area contributed by atoms with Crippen LogP contribution in [0.15, 0.2) is 24.3 Å². The Morgan fingerprint density at radius 1 is 1.19 bits per heavy atom. The van der Waals surface area contributed by atoms with Gasteiger partial charge in [-0.15, -0.1) is 0 Å². The Hall–Kier alpha value is -1.06. The topological polar surface area (TPSA) is 24.5 Å². The number of hydrogen-bond acceptors (Lipinski definition) is 3. The molecule has 1 aliphatic rings. The fraction of sp³-hybridized carbons (Fsp3) is 0.667. The molecule has 0 radical (unpaired) electrons. The largest absolute Gasteiger partial charge is 0.496 e. The first kappa shape index (κ1) is 16.3. The number of nitrogens with zero attached hydrogens (tertiary/aromatic N) is 1. The Balaban J connectivity index is 1.69. The summed E-state index contributed by atoms with van der Waals surface area (Å²) in [6.45, 7) is 9.14. The molecule has 3 nitrogen and oxygen atoms in total. The Labute approximate surface area is 129 Å². The second-order valence-corrected chi connectivity index (χ2v) is 6.00. The van der Waals surface area contributed by atoms with E-state index in [0.717, 1.165) is 18.8 Å². The standard InChI is InChI=1S/C18H30N2O/c1-4-11-20(5-2)12-10-19-16-13-15(14-16)17-8-6-7-9-18(17)21-3/h6-9,15-16,19H,4-5,10-14H2,1-3H3. The lowest BCUT2D eigenvalue weighted by Crippen LogP contribution is -2.43. The highest BCUT2D eigenvalue weighted by molar-refractivity contribution is 5.37. The summed E-state index contributed by atoms with van der Waals surface area (Å²) in [5.41, 5.74) is 1.37. The van der Waals surface area contributed by atoms with E-state index in [1.807, 2.05) is 6.07 Å². The van der Waals surface area contributed by atoms with E-state index in [-0.39, 0.29) is 0 Å². The van der Waals surface area contributed by atoms with Crippen LogP contribution in [-0.4, -0.2) is 44.2 Å². The zero-order valence-corrected chi connectivity index (χ0v) is 13.8. The molecule has 118 valence electrons. The minimum Gasteiger partial charge on any atom is -0.496 e. The number of para-hydroxylation sites is 1. The van der Waals surface area contributed by atoms with Crippen LogP contribution in [0.3, 0.4) is 0 Å². The SMILES string of the molecule is CCCN(CC)CCNC1CC(c2ccccc2OC)C1. The van der Waals surface area contributed by atoms with Crippen molar-refractivity contribution < 1.29 is 4.74 Å². The van der Waals surface area contributed by atoms with Gasteiger partial charge in [0.15, 0.2) is 0 Å². The maximum absolute atomic E-state index is 5.46. The molecule has 1 saturated carbocycles. The van der Waals surface area contributed by atoms with E-state index in [1.165, 1.54) is 37.9 Å². The third kappa shape index (κ3) is 4.45. The average molecular weight is 290 g/mol. The van der Waals surface area contributed by atoms with Gasteiger partial charge >= 0.3 is 0 Å². The zero-order chi connectivity index (χ0) is 15.1. The Kier molecular flexibility index (Phi) is 6.52. The fourth-order valence-electron chi connectivity index (χ4n) is 3.21. The summed E-state index contributed by atoms with van der Waals surface area (Å²) in [6, 6.07) is 9.12. The van der Waals surface area contributed by atoms with Crippen molar-refractivity contribution >= 4 is 0 Å². The van der Waals surface area contributed by atoms with Crippen molar-refractivity contribution in [2.24, 2.45) is 0 Å². The molecule has 0 spiro atoms. The van der Waals surface area contributed by atoms with Crippen molar-refractivity contribution in [1.29, 1.82) is 0 Å². The second kappa shape index (κ2) is 8.40. The summed E-state index contributed by atoms with van der Waals surface area (Å²) in [5, 5.41) is 3.70. The first-order valence-corrected chi connectivity index (χ1v) is 8.37. The van der Waals surface area contributed by atoms with E-state index >= 15 is 0 Å². The lowest BCUT2D eigenvalue weighted by molar-refractivity contribution is 0.247. The van der Waals surface area contributed by atoms with Crippen molar-refractivity contribution in [2.45, 2.75) is 45.1 Å². The van der Waals surface area contributed by atoms with E-state index in [1.54, 1.807) is 7.11 Å². The van der Waals surface area contributed by atoms with Crippen LogP contribution < -0.4 is 10.1 Å². The van der Waals surface area contributed by atoms with Gasteiger partial charge in [0.1, 0.15) is 5.75 Å². The van der Waals surface area contributed by atoms with Gasteiger partial charge in [-0.25, -0.2) is 0 Å². The van der Waals surface area contributed by atoms with E-state index < -0.39 is 0 Å². The van der Waals surface area contributed by atoms with Crippen LogP contribution in [0.2, 0.25) is 0 Å². The molecule has 0 amide bonds. The molecule has 0 aliphatic heterocycles. The number of nitrogens with one attached hydrogen (secondary N) is 1. The zero-order valence-electron chi connectivity index (χ0n) is 13.8. The van der Waals surface area contributed by atoms with Crippen molar-refractivity contribution in [3.63, 3.8) is 0 Å². The summed E-state index contributed by atoms with van der Waals surface area (Å²) >= 11 is 0. The van der Waals surface area contributed by atoms with Crippen molar-refractivity contribution in [3.8, 4) is 5.75 Å².